The van der Waals surface area contributed by atoms with E-state index in [1.165, 1.54) is 0 Å². The highest BCUT2D eigenvalue weighted by Gasteiger charge is 2.30. The summed E-state index contributed by atoms with van der Waals surface area (Å²) in [7, 11) is -3.44. The fourth-order valence-electron chi connectivity index (χ4n) is 2.78. The zero-order valence-corrected chi connectivity index (χ0v) is 15.0. The molecule has 0 bridgehead atoms. The van der Waals surface area contributed by atoms with Crippen LogP contribution in [0.25, 0.3) is 0 Å². The van der Waals surface area contributed by atoms with Crippen molar-refractivity contribution in [3.63, 3.8) is 0 Å². The summed E-state index contributed by atoms with van der Waals surface area (Å²) in [4.78, 5) is 0.325. The molecule has 5 nitrogen and oxygen atoms in total. The van der Waals surface area contributed by atoms with Crippen LogP contribution < -0.4 is 4.74 Å². The fraction of sp³-hybridized carbons (Fsp3) is 0.647. The Hall–Kier alpha value is -1.11. The summed E-state index contributed by atoms with van der Waals surface area (Å²) >= 11 is 0. The SMILES string of the molecule is CCOCC1CCCN(S(=O)(=O)c2ccc(OC(C)C)cc2)C1. The molecule has 0 N–H and O–H groups in total. The van der Waals surface area contributed by atoms with Gasteiger partial charge in [0, 0.05) is 19.7 Å². The minimum Gasteiger partial charge on any atom is -0.491 e. The van der Waals surface area contributed by atoms with E-state index in [-0.39, 0.29) is 12.0 Å². The Morgan fingerprint density at radius 3 is 2.57 bits per heavy atom. The molecule has 1 atom stereocenters. The van der Waals surface area contributed by atoms with Gasteiger partial charge < -0.3 is 9.47 Å². The summed E-state index contributed by atoms with van der Waals surface area (Å²) in [6, 6.07) is 6.68. The van der Waals surface area contributed by atoms with Gasteiger partial charge in [0.05, 0.1) is 17.6 Å². The van der Waals surface area contributed by atoms with Gasteiger partial charge in [-0.1, -0.05) is 0 Å². The van der Waals surface area contributed by atoms with Gasteiger partial charge in [-0.3, -0.25) is 0 Å². The molecule has 1 fully saturated rings. The highest BCUT2D eigenvalue weighted by molar-refractivity contribution is 7.89. The van der Waals surface area contributed by atoms with Crippen LogP contribution in [0.4, 0.5) is 0 Å². The molecule has 1 aromatic rings. The first-order valence-electron chi connectivity index (χ1n) is 8.28. The van der Waals surface area contributed by atoms with Crippen LogP contribution in [-0.2, 0) is 14.8 Å². The summed E-state index contributed by atoms with van der Waals surface area (Å²) in [5.74, 6) is 0.967. The van der Waals surface area contributed by atoms with E-state index in [1.807, 2.05) is 20.8 Å². The van der Waals surface area contributed by atoms with Crippen LogP contribution in [0.1, 0.15) is 33.6 Å². The summed E-state index contributed by atoms with van der Waals surface area (Å²) in [5, 5.41) is 0. The van der Waals surface area contributed by atoms with Gasteiger partial charge in [-0.05, 0) is 63.8 Å². The second kappa shape index (κ2) is 8.13. The van der Waals surface area contributed by atoms with Crippen LogP contribution in [0, 0.1) is 5.92 Å². The van der Waals surface area contributed by atoms with Crippen LogP contribution in [0.2, 0.25) is 0 Å². The van der Waals surface area contributed by atoms with Gasteiger partial charge in [-0.25, -0.2) is 8.42 Å². The molecule has 2 rings (SSSR count). The average molecular weight is 341 g/mol. The molecular weight excluding hydrogens is 314 g/mol. The van der Waals surface area contributed by atoms with Gasteiger partial charge in [0.1, 0.15) is 5.75 Å². The predicted octanol–water partition coefficient (Wildman–Crippen LogP) is 2.91. The number of nitrogens with zero attached hydrogens (tertiary/aromatic N) is 1. The number of hydrogen-bond donors (Lipinski definition) is 0. The van der Waals surface area contributed by atoms with E-state index in [9.17, 15) is 8.42 Å². The first-order valence-corrected chi connectivity index (χ1v) is 9.72. The van der Waals surface area contributed by atoms with Gasteiger partial charge in [-0.15, -0.1) is 0 Å². The van der Waals surface area contributed by atoms with E-state index in [2.05, 4.69) is 0 Å². The van der Waals surface area contributed by atoms with Crippen LogP contribution in [0.15, 0.2) is 29.2 Å². The molecule has 1 aliphatic rings. The van der Waals surface area contributed by atoms with Crippen molar-refractivity contribution in [3.8, 4) is 5.75 Å². The monoisotopic (exact) mass is 341 g/mol. The molecule has 0 aromatic heterocycles. The molecule has 0 radical (unpaired) electrons. The standard InChI is InChI=1S/C17H27NO4S/c1-4-21-13-15-6-5-11-18(12-15)23(19,20)17-9-7-16(8-10-17)22-14(2)3/h7-10,14-15H,4-6,11-13H2,1-3H3. The Morgan fingerprint density at radius 1 is 1.26 bits per heavy atom. The third-order valence-corrected chi connectivity index (χ3v) is 5.75. The molecule has 1 saturated heterocycles. The van der Waals surface area contributed by atoms with Crippen LogP contribution in [0.3, 0.4) is 0 Å². The molecule has 1 aliphatic heterocycles. The highest BCUT2D eigenvalue weighted by atomic mass is 32.2. The summed E-state index contributed by atoms with van der Waals surface area (Å²) in [5.41, 5.74) is 0. The average Bonchev–Trinajstić information content (AvgIpc) is 2.53. The second-order valence-electron chi connectivity index (χ2n) is 6.17. The van der Waals surface area contributed by atoms with E-state index in [0.29, 0.717) is 36.9 Å². The number of hydrogen-bond acceptors (Lipinski definition) is 4. The smallest absolute Gasteiger partial charge is 0.243 e. The van der Waals surface area contributed by atoms with Crippen molar-refractivity contribution in [3.05, 3.63) is 24.3 Å². The van der Waals surface area contributed by atoms with Gasteiger partial charge in [-0.2, -0.15) is 4.31 Å². The van der Waals surface area contributed by atoms with Gasteiger partial charge in [0.2, 0.25) is 10.0 Å². The van der Waals surface area contributed by atoms with Crippen molar-refractivity contribution in [1.29, 1.82) is 0 Å². The first-order chi connectivity index (χ1) is 10.9. The van der Waals surface area contributed by atoms with Crippen LogP contribution in [-0.4, -0.2) is 45.1 Å². The molecule has 0 aliphatic carbocycles. The molecular formula is C17H27NO4S. The van der Waals surface area contributed by atoms with Crippen LogP contribution >= 0.6 is 0 Å². The number of benzene rings is 1. The molecule has 1 heterocycles. The quantitative estimate of drug-likeness (QED) is 0.765. The maximum Gasteiger partial charge on any atom is 0.243 e. The number of sulfonamides is 1. The lowest BCUT2D eigenvalue weighted by molar-refractivity contribution is 0.0864. The van der Waals surface area contributed by atoms with Crippen molar-refractivity contribution < 1.29 is 17.9 Å². The minimum absolute atomic E-state index is 0.0684. The molecule has 130 valence electrons. The number of piperidine rings is 1. The normalized spacial score (nSPS) is 19.9. The molecule has 1 aromatic carbocycles. The Balaban J connectivity index is 2.08. The maximum atomic E-state index is 12.8. The summed E-state index contributed by atoms with van der Waals surface area (Å²) in [6.45, 7) is 8.25. The second-order valence-corrected chi connectivity index (χ2v) is 8.11. The van der Waals surface area contributed by atoms with E-state index >= 15 is 0 Å². The molecule has 0 saturated carbocycles. The van der Waals surface area contributed by atoms with Gasteiger partial charge >= 0.3 is 0 Å². The van der Waals surface area contributed by atoms with Crippen molar-refractivity contribution in [1.82, 2.24) is 4.31 Å². The van der Waals surface area contributed by atoms with Gasteiger partial charge in [0.15, 0.2) is 0 Å². The van der Waals surface area contributed by atoms with Crippen molar-refractivity contribution in [2.75, 3.05) is 26.3 Å². The zero-order valence-electron chi connectivity index (χ0n) is 14.2. The third-order valence-electron chi connectivity index (χ3n) is 3.87. The van der Waals surface area contributed by atoms with E-state index in [0.717, 1.165) is 12.8 Å². The summed E-state index contributed by atoms with van der Waals surface area (Å²) < 4.78 is 38.2. The van der Waals surface area contributed by atoms with E-state index < -0.39 is 10.0 Å². The topological polar surface area (TPSA) is 55.8 Å². The lowest BCUT2D eigenvalue weighted by Crippen LogP contribution is -2.41. The lowest BCUT2D eigenvalue weighted by atomic mass is 10.0. The predicted molar refractivity (Wildman–Crippen MR) is 90.2 cm³/mol. The van der Waals surface area contributed by atoms with E-state index in [4.69, 9.17) is 9.47 Å². The molecule has 0 spiro atoms. The first kappa shape index (κ1) is 18.2. The Labute approximate surface area is 139 Å². The van der Waals surface area contributed by atoms with Crippen molar-refractivity contribution in [2.24, 2.45) is 5.92 Å². The number of rotatable bonds is 7. The maximum absolute atomic E-state index is 12.8. The van der Waals surface area contributed by atoms with Crippen LogP contribution in [0.5, 0.6) is 5.75 Å². The minimum atomic E-state index is -3.44. The zero-order chi connectivity index (χ0) is 16.9. The molecule has 0 amide bonds. The largest absolute Gasteiger partial charge is 0.491 e. The molecule has 6 heteroatoms. The summed E-state index contributed by atoms with van der Waals surface area (Å²) in [6.07, 6.45) is 1.97. The van der Waals surface area contributed by atoms with E-state index in [1.54, 1.807) is 28.6 Å². The third kappa shape index (κ3) is 4.93. The van der Waals surface area contributed by atoms with Gasteiger partial charge in [0.25, 0.3) is 0 Å². The molecule has 23 heavy (non-hydrogen) atoms. The fourth-order valence-corrected chi connectivity index (χ4v) is 4.33. The number of ether oxygens (including phenoxy) is 2. The molecule has 1 unspecified atom stereocenters. The Bertz CT molecular complexity index is 583. The lowest BCUT2D eigenvalue weighted by Gasteiger charge is -2.31. The van der Waals surface area contributed by atoms with Crippen molar-refractivity contribution >= 4 is 10.0 Å². The Morgan fingerprint density at radius 2 is 1.96 bits per heavy atom. The highest BCUT2D eigenvalue weighted by Crippen LogP contribution is 2.25. The Kier molecular flexibility index (Phi) is 6.44. The van der Waals surface area contributed by atoms with Crippen molar-refractivity contribution in [2.45, 2.75) is 44.6 Å².